The average Bonchev–Trinajstić information content (AvgIpc) is 2.37. The number of phosphoric acid groups is 1. The molecule has 0 aromatic heterocycles. The highest BCUT2D eigenvalue weighted by Gasteiger charge is 2.38. The Balaban J connectivity index is 3.25. The van der Waals surface area contributed by atoms with Gasteiger partial charge in [0.2, 0.25) is 0 Å². The summed E-state index contributed by atoms with van der Waals surface area (Å²) in [6.45, 7) is 0.0568. The van der Waals surface area contributed by atoms with Gasteiger partial charge < -0.3 is 15.1 Å². The first-order chi connectivity index (χ1) is 10.1. The number of hydrogen-bond donors (Lipinski definition) is 3. The lowest BCUT2D eigenvalue weighted by molar-refractivity contribution is -0.173. The zero-order valence-electron chi connectivity index (χ0n) is 12.3. The maximum absolute atomic E-state index is 11.9. The Morgan fingerprint density at radius 1 is 0.955 bits per heavy atom. The first kappa shape index (κ1) is 21.4. The lowest BCUT2D eigenvalue weighted by Crippen LogP contribution is -2.37. The quantitative estimate of drug-likeness (QED) is 0.372. The Bertz CT molecular complexity index is 359. The molecule has 0 saturated carbocycles. The van der Waals surface area contributed by atoms with E-state index in [2.05, 4.69) is 4.52 Å². The summed E-state index contributed by atoms with van der Waals surface area (Å²) in [5.41, 5.74) is 0. The maximum Gasteiger partial charge on any atom is 0.471 e. The van der Waals surface area contributed by atoms with Crippen LogP contribution >= 0.6 is 7.82 Å². The highest BCUT2D eigenvalue weighted by molar-refractivity contribution is 7.46. The van der Waals surface area contributed by atoms with Gasteiger partial charge in [-0.2, -0.15) is 13.2 Å². The average molecular weight is 349 g/mol. The summed E-state index contributed by atoms with van der Waals surface area (Å²) < 4.78 is 50.2. The number of halogens is 3. The van der Waals surface area contributed by atoms with Crippen LogP contribution < -0.4 is 5.32 Å². The van der Waals surface area contributed by atoms with E-state index in [1.165, 1.54) is 0 Å². The number of hydrogen-bond acceptors (Lipinski definition) is 3. The van der Waals surface area contributed by atoms with Crippen LogP contribution in [0, 0.1) is 0 Å². The van der Waals surface area contributed by atoms with E-state index in [1.807, 2.05) is 5.32 Å². The van der Waals surface area contributed by atoms with Gasteiger partial charge in [-0.05, 0) is 12.8 Å². The third kappa shape index (κ3) is 14.3. The number of carbonyl (C=O) groups excluding carboxylic acids is 1. The minimum Gasteiger partial charge on any atom is -0.348 e. The number of carbonyl (C=O) groups is 1. The normalized spacial score (nSPS) is 12.4. The lowest BCUT2D eigenvalue weighted by atomic mass is 10.1. The van der Waals surface area contributed by atoms with Crippen molar-refractivity contribution in [2.24, 2.45) is 0 Å². The van der Waals surface area contributed by atoms with Gasteiger partial charge in [0.1, 0.15) is 0 Å². The maximum atomic E-state index is 11.9. The molecule has 0 atom stereocenters. The molecule has 0 radical (unpaired) electrons. The van der Waals surface area contributed by atoms with Crippen molar-refractivity contribution in [3.05, 3.63) is 0 Å². The van der Waals surface area contributed by atoms with Gasteiger partial charge in [-0.3, -0.25) is 9.32 Å². The molecule has 0 aliphatic rings. The van der Waals surface area contributed by atoms with Crippen LogP contribution in [0.5, 0.6) is 0 Å². The standard InChI is InChI=1S/C12H23F3NO5P/c13-12(14,15)11(17)16-9-7-5-3-1-2-4-6-8-10-21-22(18,19)20/h1-10H2,(H,16,17)(H2,18,19,20). The van der Waals surface area contributed by atoms with E-state index in [9.17, 15) is 22.5 Å². The van der Waals surface area contributed by atoms with Crippen molar-refractivity contribution >= 4 is 13.7 Å². The molecule has 10 heteroatoms. The van der Waals surface area contributed by atoms with Crippen molar-refractivity contribution in [2.45, 2.75) is 57.5 Å². The third-order valence-electron chi connectivity index (χ3n) is 2.87. The second kappa shape index (κ2) is 11.0. The molecule has 0 heterocycles. The fourth-order valence-electron chi connectivity index (χ4n) is 1.77. The van der Waals surface area contributed by atoms with E-state index < -0.39 is 19.9 Å². The summed E-state index contributed by atoms with van der Waals surface area (Å²) >= 11 is 0. The molecule has 0 unspecified atom stereocenters. The molecule has 0 aromatic carbocycles. The van der Waals surface area contributed by atoms with Crippen LogP contribution in [-0.2, 0) is 13.9 Å². The molecule has 1 amide bonds. The topological polar surface area (TPSA) is 95.9 Å². The lowest BCUT2D eigenvalue weighted by Gasteiger charge is -2.07. The zero-order chi connectivity index (χ0) is 17.1. The van der Waals surface area contributed by atoms with Crippen LogP contribution in [-0.4, -0.2) is 35.0 Å². The van der Waals surface area contributed by atoms with Crippen molar-refractivity contribution < 1.29 is 36.8 Å². The number of alkyl halides is 3. The summed E-state index contributed by atoms with van der Waals surface area (Å²) in [7, 11) is -4.36. The molecule has 0 aliphatic carbocycles. The summed E-state index contributed by atoms with van der Waals surface area (Å²) in [6, 6.07) is 0. The summed E-state index contributed by atoms with van der Waals surface area (Å²) in [5, 5.41) is 1.82. The number of amides is 1. The van der Waals surface area contributed by atoms with Gasteiger partial charge in [-0.1, -0.05) is 38.5 Å². The fourth-order valence-corrected chi connectivity index (χ4v) is 2.14. The van der Waals surface area contributed by atoms with Crippen molar-refractivity contribution in [3.8, 4) is 0 Å². The van der Waals surface area contributed by atoms with Crippen LogP contribution in [0.2, 0.25) is 0 Å². The van der Waals surface area contributed by atoms with Gasteiger partial charge in [0.05, 0.1) is 6.61 Å². The monoisotopic (exact) mass is 349 g/mol. The van der Waals surface area contributed by atoms with Gasteiger partial charge in [-0.15, -0.1) is 0 Å². The summed E-state index contributed by atoms with van der Waals surface area (Å²) in [6.07, 6.45) is 1.50. The van der Waals surface area contributed by atoms with Crippen LogP contribution in [0.25, 0.3) is 0 Å². The van der Waals surface area contributed by atoms with Crippen molar-refractivity contribution in [1.82, 2.24) is 5.32 Å². The van der Waals surface area contributed by atoms with E-state index in [4.69, 9.17) is 9.79 Å². The van der Waals surface area contributed by atoms with Crippen LogP contribution in [0.3, 0.4) is 0 Å². The van der Waals surface area contributed by atoms with Gasteiger partial charge in [-0.25, -0.2) is 4.57 Å². The molecule has 3 N–H and O–H groups in total. The van der Waals surface area contributed by atoms with E-state index >= 15 is 0 Å². The van der Waals surface area contributed by atoms with Crippen molar-refractivity contribution in [2.75, 3.05) is 13.2 Å². The molecule has 132 valence electrons. The molecule has 6 nitrogen and oxygen atoms in total. The molecule has 0 rings (SSSR count). The molecule has 0 aromatic rings. The van der Waals surface area contributed by atoms with Gasteiger partial charge in [0.25, 0.3) is 0 Å². The van der Waals surface area contributed by atoms with E-state index in [-0.39, 0.29) is 13.2 Å². The van der Waals surface area contributed by atoms with Gasteiger partial charge in [0, 0.05) is 6.54 Å². The van der Waals surface area contributed by atoms with E-state index in [0.717, 1.165) is 38.5 Å². The predicted octanol–water partition coefficient (Wildman–Crippen LogP) is 2.90. The highest BCUT2D eigenvalue weighted by atomic mass is 31.2. The molecule has 0 spiro atoms. The molecule has 0 fully saturated rings. The van der Waals surface area contributed by atoms with Gasteiger partial charge in [0.15, 0.2) is 0 Å². The molecule has 0 bridgehead atoms. The fraction of sp³-hybridized carbons (Fsp3) is 0.917. The largest absolute Gasteiger partial charge is 0.471 e. The number of phosphoric ester groups is 1. The molecule has 0 aliphatic heterocycles. The second-order valence-corrected chi connectivity index (χ2v) is 6.15. The molecular weight excluding hydrogens is 326 g/mol. The SMILES string of the molecule is O=C(NCCCCCCCCCCOP(=O)(O)O)C(F)(F)F. The predicted molar refractivity (Wildman–Crippen MR) is 74.0 cm³/mol. The number of nitrogens with one attached hydrogen (secondary N) is 1. The minimum absolute atomic E-state index is 0.0259. The highest BCUT2D eigenvalue weighted by Crippen LogP contribution is 2.35. The Morgan fingerprint density at radius 2 is 1.41 bits per heavy atom. The van der Waals surface area contributed by atoms with Crippen LogP contribution in [0.15, 0.2) is 0 Å². The Kier molecular flexibility index (Phi) is 10.7. The number of rotatable bonds is 12. The first-order valence-electron chi connectivity index (χ1n) is 7.18. The Morgan fingerprint density at radius 3 is 1.86 bits per heavy atom. The molecular formula is C12H23F3NO5P. The van der Waals surface area contributed by atoms with E-state index in [0.29, 0.717) is 12.8 Å². The molecule has 0 saturated heterocycles. The smallest absolute Gasteiger partial charge is 0.348 e. The minimum atomic E-state index is -4.82. The zero-order valence-corrected chi connectivity index (χ0v) is 13.2. The number of unbranched alkanes of at least 4 members (excludes halogenated alkanes) is 7. The van der Waals surface area contributed by atoms with E-state index in [1.54, 1.807) is 0 Å². The second-order valence-electron chi connectivity index (χ2n) is 4.91. The molecule has 22 heavy (non-hydrogen) atoms. The first-order valence-corrected chi connectivity index (χ1v) is 8.71. The van der Waals surface area contributed by atoms with Gasteiger partial charge >= 0.3 is 19.9 Å². The Hall–Kier alpha value is -0.630. The summed E-state index contributed by atoms with van der Waals surface area (Å²) in [4.78, 5) is 27.4. The third-order valence-corrected chi connectivity index (χ3v) is 3.39. The van der Waals surface area contributed by atoms with Crippen molar-refractivity contribution in [1.29, 1.82) is 0 Å². The van der Waals surface area contributed by atoms with Crippen LogP contribution in [0.1, 0.15) is 51.4 Å². The van der Waals surface area contributed by atoms with Crippen LogP contribution in [0.4, 0.5) is 13.2 Å². The van der Waals surface area contributed by atoms with Crippen molar-refractivity contribution in [3.63, 3.8) is 0 Å². The Labute approximate surface area is 127 Å². The summed E-state index contributed by atoms with van der Waals surface area (Å²) in [5.74, 6) is -1.90.